The lowest BCUT2D eigenvalue weighted by Gasteiger charge is -2.37. The zero-order valence-electron chi connectivity index (χ0n) is 14.4. The zero-order chi connectivity index (χ0) is 18.0. The van der Waals surface area contributed by atoms with Gasteiger partial charge in [0.05, 0.1) is 12.6 Å². The number of carbonyl (C=O) groups is 1. The summed E-state index contributed by atoms with van der Waals surface area (Å²) in [6.07, 6.45) is 0.893. The maximum Gasteiger partial charge on any atom is 0.237 e. The van der Waals surface area contributed by atoms with Crippen molar-refractivity contribution in [1.29, 1.82) is 0 Å². The first-order chi connectivity index (χ1) is 12.0. The van der Waals surface area contributed by atoms with Crippen molar-refractivity contribution in [1.82, 2.24) is 10.2 Å². The Hall–Kier alpha value is -1.07. The van der Waals surface area contributed by atoms with Crippen LogP contribution in [-0.4, -0.2) is 30.4 Å². The van der Waals surface area contributed by atoms with E-state index < -0.39 is 0 Å². The summed E-state index contributed by atoms with van der Waals surface area (Å²) in [6.45, 7) is 6.15. The molecule has 1 atom stereocenters. The van der Waals surface area contributed by atoms with Crippen molar-refractivity contribution in [2.45, 2.75) is 26.3 Å². The molecule has 0 saturated heterocycles. The smallest absolute Gasteiger partial charge is 0.237 e. The van der Waals surface area contributed by atoms with E-state index in [2.05, 4.69) is 30.6 Å². The van der Waals surface area contributed by atoms with Gasteiger partial charge >= 0.3 is 0 Å². The highest BCUT2D eigenvalue weighted by atomic mass is 35.5. The lowest BCUT2D eigenvalue weighted by atomic mass is 9.93. The molecule has 2 aromatic rings. The van der Waals surface area contributed by atoms with Gasteiger partial charge in [0.15, 0.2) is 0 Å². The molecule has 1 aromatic heterocycles. The molecule has 1 aliphatic heterocycles. The van der Waals surface area contributed by atoms with E-state index in [0.29, 0.717) is 29.1 Å². The summed E-state index contributed by atoms with van der Waals surface area (Å²) in [6, 6.07) is 7.48. The summed E-state index contributed by atoms with van der Waals surface area (Å²) < 4.78 is 0. The Labute approximate surface area is 162 Å². The van der Waals surface area contributed by atoms with E-state index >= 15 is 0 Å². The number of hydrogen-bond acceptors (Lipinski definition) is 3. The van der Waals surface area contributed by atoms with Gasteiger partial charge < -0.3 is 10.2 Å². The number of carbonyl (C=O) groups excluding carboxylic acids is 1. The van der Waals surface area contributed by atoms with Gasteiger partial charge in [0.25, 0.3) is 0 Å². The van der Waals surface area contributed by atoms with Gasteiger partial charge in [-0.05, 0) is 53.6 Å². The molecule has 25 heavy (non-hydrogen) atoms. The molecule has 0 fully saturated rings. The first-order valence-corrected chi connectivity index (χ1v) is 10.1. The normalized spacial score (nSPS) is 17.0. The lowest BCUT2D eigenvalue weighted by molar-refractivity contribution is -0.132. The highest BCUT2D eigenvalue weighted by Gasteiger charge is 2.33. The van der Waals surface area contributed by atoms with Gasteiger partial charge in [-0.3, -0.25) is 4.79 Å². The third kappa shape index (κ3) is 4.20. The summed E-state index contributed by atoms with van der Waals surface area (Å²) in [7, 11) is 0. The molecule has 6 heteroatoms. The van der Waals surface area contributed by atoms with Crippen LogP contribution in [-0.2, 0) is 11.2 Å². The number of benzene rings is 1. The van der Waals surface area contributed by atoms with Crippen molar-refractivity contribution in [3.05, 3.63) is 55.7 Å². The number of fused-ring (bicyclic) bond motifs is 1. The molecule has 0 radical (unpaired) electrons. The Morgan fingerprint density at radius 3 is 2.84 bits per heavy atom. The van der Waals surface area contributed by atoms with Crippen molar-refractivity contribution in [3.63, 3.8) is 0 Å². The standard InChI is InChI=1S/C19H22Cl2N2OS/c1-12(2)10-22-11-18(24)23-7-5-17-15(6-8-25-17)19(23)14-4-3-13(20)9-16(14)21/h3-4,6,8-9,12,19,22H,5,7,10-11H2,1-2H3/t19-/m1/s1. The highest BCUT2D eigenvalue weighted by Crippen LogP contribution is 2.40. The fraction of sp³-hybridized carbons (Fsp3) is 0.421. The number of nitrogens with one attached hydrogen (secondary N) is 1. The SMILES string of the molecule is CC(C)CNCC(=O)N1CCc2sccc2[C@H]1c1ccc(Cl)cc1Cl. The molecule has 1 aromatic carbocycles. The number of halogens is 2. The van der Waals surface area contributed by atoms with Crippen LogP contribution >= 0.6 is 34.5 Å². The van der Waals surface area contributed by atoms with Crippen LogP contribution in [0.1, 0.15) is 35.9 Å². The number of rotatable bonds is 5. The molecule has 0 bridgehead atoms. The minimum atomic E-state index is -0.145. The van der Waals surface area contributed by atoms with Crippen molar-refractivity contribution in [2.24, 2.45) is 5.92 Å². The Morgan fingerprint density at radius 2 is 2.12 bits per heavy atom. The summed E-state index contributed by atoms with van der Waals surface area (Å²) in [5, 5.41) is 6.55. The topological polar surface area (TPSA) is 32.3 Å². The molecular weight excluding hydrogens is 375 g/mol. The second-order valence-corrected chi connectivity index (χ2v) is 8.57. The molecule has 1 amide bonds. The number of hydrogen-bond donors (Lipinski definition) is 1. The summed E-state index contributed by atoms with van der Waals surface area (Å²) in [4.78, 5) is 16.1. The second-order valence-electron chi connectivity index (χ2n) is 6.73. The van der Waals surface area contributed by atoms with Crippen molar-refractivity contribution >= 4 is 40.4 Å². The van der Waals surface area contributed by atoms with Gasteiger partial charge in [0.1, 0.15) is 0 Å². The largest absolute Gasteiger partial charge is 0.330 e. The zero-order valence-corrected chi connectivity index (χ0v) is 16.7. The van der Waals surface area contributed by atoms with E-state index in [1.807, 2.05) is 17.0 Å². The molecule has 0 aliphatic carbocycles. The third-order valence-electron chi connectivity index (χ3n) is 4.37. The van der Waals surface area contributed by atoms with Gasteiger partial charge in [0.2, 0.25) is 5.91 Å². The van der Waals surface area contributed by atoms with E-state index in [-0.39, 0.29) is 11.9 Å². The van der Waals surface area contributed by atoms with Crippen molar-refractivity contribution in [2.75, 3.05) is 19.6 Å². The van der Waals surface area contributed by atoms with E-state index in [1.165, 1.54) is 10.4 Å². The minimum Gasteiger partial charge on any atom is -0.330 e. The first-order valence-electron chi connectivity index (χ1n) is 8.48. The Balaban J connectivity index is 1.90. The average Bonchev–Trinajstić information content (AvgIpc) is 3.02. The molecule has 3 nitrogen and oxygen atoms in total. The summed E-state index contributed by atoms with van der Waals surface area (Å²) >= 11 is 14.3. The minimum absolute atomic E-state index is 0.105. The Kier molecular flexibility index (Phi) is 6.05. The average molecular weight is 397 g/mol. The van der Waals surface area contributed by atoms with Crippen LogP contribution in [0.3, 0.4) is 0 Å². The van der Waals surface area contributed by atoms with E-state index in [9.17, 15) is 4.79 Å². The van der Waals surface area contributed by atoms with Crippen LogP contribution in [0.5, 0.6) is 0 Å². The van der Waals surface area contributed by atoms with Gasteiger partial charge in [-0.2, -0.15) is 0 Å². The molecule has 0 spiro atoms. The summed E-state index contributed by atoms with van der Waals surface area (Å²) in [5.74, 6) is 0.618. The van der Waals surface area contributed by atoms with Crippen molar-refractivity contribution < 1.29 is 4.79 Å². The molecule has 1 N–H and O–H groups in total. The molecular formula is C19H22Cl2N2OS. The lowest BCUT2D eigenvalue weighted by Crippen LogP contribution is -2.44. The van der Waals surface area contributed by atoms with Crippen LogP contribution in [0.2, 0.25) is 10.0 Å². The third-order valence-corrected chi connectivity index (χ3v) is 5.93. The Bertz CT molecular complexity index is 760. The fourth-order valence-electron chi connectivity index (χ4n) is 3.21. The van der Waals surface area contributed by atoms with Crippen molar-refractivity contribution in [3.8, 4) is 0 Å². The van der Waals surface area contributed by atoms with Gasteiger partial charge in [-0.25, -0.2) is 0 Å². The number of nitrogens with zero attached hydrogens (tertiary/aromatic N) is 1. The second kappa shape index (κ2) is 8.09. The van der Waals surface area contributed by atoms with Crippen LogP contribution in [0.15, 0.2) is 29.6 Å². The predicted molar refractivity (Wildman–Crippen MR) is 106 cm³/mol. The van der Waals surface area contributed by atoms with Crippen LogP contribution in [0.4, 0.5) is 0 Å². The number of thiophene rings is 1. The fourth-order valence-corrected chi connectivity index (χ4v) is 4.63. The summed E-state index contributed by atoms with van der Waals surface area (Å²) in [5.41, 5.74) is 2.11. The predicted octanol–water partition coefficient (Wildman–Crippen LogP) is 4.77. The maximum absolute atomic E-state index is 12.9. The van der Waals surface area contributed by atoms with E-state index in [1.54, 1.807) is 17.4 Å². The van der Waals surface area contributed by atoms with Crippen LogP contribution in [0.25, 0.3) is 0 Å². The molecule has 3 rings (SSSR count). The first kappa shape index (κ1) is 18.7. The quantitative estimate of drug-likeness (QED) is 0.788. The van der Waals surface area contributed by atoms with Gasteiger partial charge in [-0.1, -0.05) is 43.1 Å². The van der Waals surface area contributed by atoms with E-state index in [4.69, 9.17) is 23.2 Å². The molecule has 2 heterocycles. The monoisotopic (exact) mass is 396 g/mol. The highest BCUT2D eigenvalue weighted by molar-refractivity contribution is 7.10. The van der Waals surface area contributed by atoms with Gasteiger partial charge in [0, 0.05) is 21.5 Å². The van der Waals surface area contributed by atoms with Crippen LogP contribution in [0, 0.1) is 5.92 Å². The van der Waals surface area contributed by atoms with E-state index in [0.717, 1.165) is 18.5 Å². The molecule has 1 aliphatic rings. The van der Waals surface area contributed by atoms with Crippen LogP contribution < -0.4 is 5.32 Å². The van der Waals surface area contributed by atoms with Gasteiger partial charge in [-0.15, -0.1) is 11.3 Å². The Morgan fingerprint density at radius 1 is 1.32 bits per heavy atom. The molecule has 134 valence electrons. The maximum atomic E-state index is 12.9. The molecule has 0 unspecified atom stereocenters. The number of amides is 1. The molecule has 0 saturated carbocycles.